The van der Waals surface area contributed by atoms with Crippen LogP contribution in [0, 0.1) is 11.8 Å². The molecule has 0 saturated carbocycles. The smallest absolute Gasteiger partial charge is 0.338 e. The van der Waals surface area contributed by atoms with Gasteiger partial charge in [0.15, 0.2) is 0 Å². The van der Waals surface area contributed by atoms with Crippen LogP contribution in [0.1, 0.15) is 39.5 Å². The van der Waals surface area contributed by atoms with E-state index in [2.05, 4.69) is 6.92 Å². The van der Waals surface area contributed by atoms with Crippen molar-refractivity contribution in [2.24, 2.45) is 11.8 Å². The summed E-state index contributed by atoms with van der Waals surface area (Å²) in [5.74, 6) is -0.153. The van der Waals surface area contributed by atoms with Crippen molar-refractivity contribution in [3.63, 3.8) is 0 Å². The Morgan fingerprint density at radius 2 is 2.09 bits per heavy atom. The zero-order valence-corrected chi connectivity index (χ0v) is 13.3. The number of allylic oxidation sites excluding steroid dienone is 1. The third kappa shape index (κ3) is 2.30. The average molecular weight is 316 g/mol. The van der Waals surface area contributed by atoms with Crippen LogP contribution in [0.5, 0.6) is 0 Å². The van der Waals surface area contributed by atoms with E-state index in [0.29, 0.717) is 17.1 Å². The lowest BCUT2D eigenvalue weighted by Crippen LogP contribution is -2.19. The van der Waals surface area contributed by atoms with Crippen LogP contribution in [-0.2, 0) is 23.8 Å². The Labute approximate surface area is 135 Å². The summed E-state index contributed by atoms with van der Waals surface area (Å²) < 4.78 is 16.1. The molecule has 4 rings (SSSR count). The molecule has 122 valence electrons. The summed E-state index contributed by atoms with van der Waals surface area (Å²) in [6.07, 6.45) is 6.55. The molecule has 0 spiro atoms. The summed E-state index contributed by atoms with van der Waals surface area (Å²) in [7, 11) is 0. The molecule has 0 radical (unpaired) electrons. The predicted molar refractivity (Wildman–Crippen MR) is 80.8 cm³/mol. The van der Waals surface area contributed by atoms with Crippen LogP contribution in [-0.4, -0.2) is 24.3 Å². The molecule has 0 N–H and O–H groups in total. The monoisotopic (exact) mass is 316 g/mol. The predicted octanol–water partition coefficient (Wildman–Crippen LogP) is 2.78. The standard InChI is InChI=1S/C18H20O5/c1-9-4-3-5-11-7-12-13(18(20)23-16(12)15(9)11)8-21-14-6-10(2)17(19)22-14/h6,8-9,12,14,16H,3-5,7H2,1-2H3/b13-8+/t9-,12+,14?,16-/m0/s1. The molecule has 0 bridgehead atoms. The first kappa shape index (κ1) is 14.5. The van der Waals surface area contributed by atoms with E-state index in [9.17, 15) is 9.59 Å². The van der Waals surface area contributed by atoms with Gasteiger partial charge in [0, 0.05) is 17.6 Å². The molecule has 1 saturated heterocycles. The van der Waals surface area contributed by atoms with Crippen LogP contribution in [0.15, 0.2) is 34.6 Å². The fourth-order valence-electron chi connectivity index (χ4n) is 4.16. The maximum absolute atomic E-state index is 12.2. The SMILES string of the molecule is CC1=CC(O/C=C2/C(=O)O[C@@H]3C4=C(CCC[C@@H]4C)C[C@H]23)OC1=O. The molecule has 0 aromatic carbocycles. The van der Waals surface area contributed by atoms with Crippen LogP contribution in [0.2, 0.25) is 0 Å². The van der Waals surface area contributed by atoms with Gasteiger partial charge in [-0.15, -0.1) is 0 Å². The first-order valence-electron chi connectivity index (χ1n) is 8.22. The van der Waals surface area contributed by atoms with Crippen LogP contribution in [0.25, 0.3) is 0 Å². The molecule has 4 aliphatic rings. The topological polar surface area (TPSA) is 61.8 Å². The minimum Gasteiger partial charge on any atom is -0.458 e. The van der Waals surface area contributed by atoms with Gasteiger partial charge in [-0.3, -0.25) is 0 Å². The number of ether oxygens (including phenoxy) is 3. The van der Waals surface area contributed by atoms with Gasteiger partial charge >= 0.3 is 11.9 Å². The quantitative estimate of drug-likeness (QED) is 0.339. The summed E-state index contributed by atoms with van der Waals surface area (Å²) in [6.45, 7) is 3.89. The Morgan fingerprint density at radius 1 is 1.26 bits per heavy atom. The molecule has 1 unspecified atom stereocenters. The lowest BCUT2D eigenvalue weighted by molar-refractivity contribution is -0.152. The van der Waals surface area contributed by atoms with Crippen LogP contribution < -0.4 is 0 Å². The Bertz CT molecular complexity index is 669. The van der Waals surface area contributed by atoms with Gasteiger partial charge in [-0.1, -0.05) is 12.5 Å². The minimum absolute atomic E-state index is 0.0511. The number of carbonyl (C=O) groups is 2. The number of cyclic esters (lactones) is 1. The van der Waals surface area contributed by atoms with Crippen molar-refractivity contribution >= 4 is 11.9 Å². The largest absolute Gasteiger partial charge is 0.458 e. The molecule has 1 fully saturated rings. The number of rotatable bonds is 2. The second-order valence-corrected chi connectivity index (χ2v) is 6.82. The molecular formula is C18H20O5. The van der Waals surface area contributed by atoms with Crippen LogP contribution in [0.3, 0.4) is 0 Å². The zero-order chi connectivity index (χ0) is 16.1. The third-order valence-corrected chi connectivity index (χ3v) is 5.32. The van der Waals surface area contributed by atoms with Gasteiger partial charge in [-0.2, -0.15) is 0 Å². The normalized spacial score (nSPS) is 37.5. The lowest BCUT2D eigenvalue weighted by atomic mass is 9.84. The number of hydrogen-bond donors (Lipinski definition) is 0. The molecule has 23 heavy (non-hydrogen) atoms. The van der Waals surface area contributed by atoms with Gasteiger partial charge in [0.2, 0.25) is 0 Å². The van der Waals surface area contributed by atoms with Gasteiger partial charge in [0.05, 0.1) is 11.8 Å². The van der Waals surface area contributed by atoms with Gasteiger partial charge < -0.3 is 14.2 Å². The first-order valence-corrected chi connectivity index (χ1v) is 8.22. The summed E-state index contributed by atoms with van der Waals surface area (Å²) in [5.41, 5.74) is 3.87. The maximum atomic E-state index is 12.2. The molecule has 0 aromatic rings. The van der Waals surface area contributed by atoms with E-state index in [1.807, 2.05) is 0 Å². The van der Waals surface area contributed by atoms with Crippen molar-refractivity contribution in [1.82, 2.24) is 0 Å². The van der Waals surface area contributed by atoms with E-state index in [4.69, 9.17) is 14.2 Å². The van der Waals surface area contributed by atoms with E-state index in [-0.39, 0.29) is 24.0 Å². The average Bonchev–Trinajstić information content (AvgIpc) is 3.10. The van der Waals surface area contributed by atoms with Crippen molar-refractivity contribution < 1.29 is 23.8 Å². The molecule has 5 heteroatoms. The number of fused-ring (bicyclic) bond motifs is 2. The molecule has 2 aliphatic carbocycles. The number of carbonyl (C=O) groups excluding carboxylic acids is 2. The Hall–Kier alpha value is -2.04. The van der Waals surface area contributed by atoms with E-state index >= 15 is 0 Å². The van der Waals surface area contributed by atoms with Gasteiger partial charge in [0.25, 0.3) is 6.29 Å². The molecule has 0 amide bonds. The highest BCUT2D eigenvalue weighted by molar-refractivity contribution is 5.92. The van der Waals surface area contributed by atoms with Crippen LogP contribution in [0.4, 0.5) is 0 Å². The Balaban J connectivity index is 1.52. The van der Waals surface area contributed by atoms with E-state index in [1.165, 1.54) is 23.8 Å². The fraction of sp³-hybridized carbons (Fsp3) is 0.556. The molecule has 5 nitrogen and oxygen atoms in total. The molecule has 2 aliphatic heterocycles. The van der Waals surface area contributed by atoms with Crippen molar-refractivity contribution in [3.8, 4) is 0 Å². The molecule has 4 atom stereocenters. The van der Waals surface area contributed by atoms with Gasteiger partial charge in [-0.05, 0) is 44.1 Å². The van der Waals surface area contributed by atoms with Crippen molar-refractivity contribution in [2.75, 3.05) is 0 Å². The summed E-state index contributed by atoms with van der Waals surface area (Å²) >= 11 is 0. The summed E-state index contributed by atoms with van der Waals surface area (Å²) in [4.78, 5) is 23.5. The number of hydrogen-bond acceptors (Lipinski definition) is 5. The van der Waals surface area contributed by atoms with Gasteiger partial charge in [0.1, 0.15) is 6.10 Å². The van der Waals surface area contributed by atoms with E-state index in [1.54, 1.807) is 13.0 Å². The summed E-state index contributed by atoms with van der Waals surface area (Å²) in [5, 5.41) is 0. The molecule has 2 heterocycles. The molecular weight excluding hydrogens is 296 g/mol. The second-order valence-electron chi connectivity index (χ2n) is 6.82. The lowest BCUT2D eigenvalue weighted by Gasteiger charge is -2.24. The Kier molecular flexibility index (Phi) is 3.32. The minimum atomic E-state index is -0.746. The van der Waals surface area contributed by atoms with Gasteiger partial charge in [-0.25, -0.2) is 9.59 Å². The van der Waals surface area contributed by atoms with E-state index < -0.39 is 6.29 Å². The maximum Gasteiger partial charge on any atom is 0.338 e. The highest BCUT2D eigenvalue weighted by atomic mass is 16.7. The van der Waals surface area contributed by atoms with Crippen LogP contribution >= 0.6 is 0 Å². The van der Waals surface area contributed by atoms with Crippen molar-refractivity contribution in [2.45, 2.75) is 51.9 Å². The molecule has 0 aromatic heterocycles. The second kappa shape index (κ2) is 5.25. The van der Waals surface area contributed by atoms with E-state index in [0.717, 1.165) is 19.3 Å². The van der Waals surface area contributed by atoms with Crippen molar-refractivity contribution in [1.29, 1.82) is 0 Å². The third-order valence-electron chi connectivity index (χ3n) is 5.32. The first-order chi connectivity index (χ1) is 11.0. The van der Waals surface area contributed by atoms with Crippen molar-refractivity contribution in [3.05, 3.63) is 34.6 Å². The highest BCUT2D eigenvalue weighted by Crippen LogP contribution is 2.50. The highest BCUT2D eigenvalue weighted by Gasteiger charge is 2.49. The summed E-state index contributed by atoms with van der Waals surface area (Å²) in [6, 6.07) is 0. The number of esters is 2. The zero-order valence-electron chi connectivity index (χ0n) is 13.3. The Morgan fingerprint density at radius 3 is 2.83 bits per heavy atom. The fourth-order valence-corrected chi connectivity index (χ4v) is 4.16.